The lowest BCUT2D eigenvalue weighted by atomic mass is 10.1. The van der Waals surface area contributed by atoms with Crippen LogP contribution in [-0.4, -0.2) is 17.2 Å². The van der Waals surface area contributed by atoms with Crippen LogP contribution in [0.4, 0.5) is 0 Å². The van der Waals surface area contributed by atoms with Gasteiger partial charge in [-0.3, -0.25) is 0 Å². The Kier molecular flexibility index (Phi) is 3.35. The van der Waals surface area contributed by atoms with Crippen molar-refractivity contribution < 1.29 is 14.6 Å². The molecule has 0 bridgehead atoms. The topological polar surface area (TPSA) is 46.5 Å². The molecular weight excluding hydrogens is 192 g/mol. The van der Waals surface area contributed by atoms with E-state index >= 15 is 0 Å². The molecule has 1 N–H and O–H groups in total. The predicted octanol–water partition coefficient (Wildman–Crippen LogP) is 2.46. The highest BCUT2D eigenvalue weighted by atomic mass is 16.5. The number of hydrogen-bond donors (Lipinski definition) is 1. The third-order valence-electron chi connectivity index (χ3n) is 2.44. The Morgan fingerprint density at radius 1 is 1.20 bits per heavy atom. The minimum atomic E-state index is -0.951. The predicted molar refractivity (Wildman–Crippen MR) is 58.4 cm³/mol. The number of aryl methyl sites for hydroxylation is 3. The van der Waals surface area contributed by atoms with E-state index in [4.69, 9.17) is 9.84 Å². The van der Waals surface area contributed by atoms with Crippen molar-refractivity contribution in [1.82, 2.24) is 0 Å². The molecule has 0 spiro atoms. The quantitative estimate of drug-likeness (QED) is 0.830. The van der Waals surface area contributed by atoms with Crippen LogP contribution in [0.15, 0.2) is 12.1 Å². The Hall–Kier alpha value is -1.51. The molecule has 0 aromatic heterocycles. The lowest BCUT2D eigenvalue weighted by Gasteiger charge is -2.14. The molecule has 1 rings (SSSR count). The van der Waals surface area contributed by atoms with Gasteiger partial charge in [-0.15, -0.1) is 0 Å². The summed E-state index contributed by atoms with van der Waals surface area (Å²) in [5.74, 6) is -0.305. The number of carboxylic acid groups (broad SMARTS) is 1. The lowest BCUT2D eigenvalue weighted by molar-refractivity contribution is -0.144. The zero-order valence-electron chi connectivity index (χ0n) is 9.50. The van der Waals surface area contributed by atoms with E-state index in [1.807, 2.05) is 32.9 Å². The first kappa shape index (κ1) is 11.6. The molecule has 0 saturated carbocycles. The van der Waals surface area contributed by atoms with Crippen molar-refractivity contribution in [2.45, 2.75) is 33.8 Å². The molecule has 1 atom stereocenters. The van der Waals surface area contributed by atoms with Crippen molar-refractivity contribution in [3.8, 4) is 5.75 Å². The van der Waals surface area contributed by atoms with Crippen LogP contribution in [-0.2, 0) is 4.79 Å². The maximum Gasteiger partial charge on any atom is 0.344 e. The van der Waals surface area contributed by atoms with Crippen LogP contribution >= 0.6 is 0 Å². The van der Waals surface area contributed by atoms with Crippen LogP contribution < -0.4 is 4.74 Å². The number of ether oxygens (including phenoxy) is 1. The first-order chi connectivity index (χ1) is 6.91. The van der Waals surface area contributed by atoms with E-state index in [0.29, 0.717) is 5.75 Å². The molecule has 0 aliphatic carbocycles. The van der Waals surface area contributed by atoms with Gasteiger partial charge in [0, 0.05) is 0 Å². The largest absolute Gasteiger partial charge is 0.479 e. The fourth-order valence-electron chi connectivity index (χ4n) is 1.30. The van der Waals surface area contributed by atoms with Crippen LogP contribution in [0.25, 0.3) is 0 Å². The highest BCUT2D eigenvalue weighted by Crippen LogP contribution is 2.23. The number of hydrogen-bond acceptors (Lipinski definition) is 2. The number of benzene rings is 1. The second kappa shape index (κ2) is 4.34. The smallest absolute Gasteiger partial charge is 0.344 e. The monoisotopic (exact) mass is 208 g/mol. The SMILES string of the molecule is Cc1cc(C)c(OC(C)C(=O)O)cc1C. The van der Waals surface area contributed by atoms with Gasteiger partial charge in [0.05, 0.1) is 0 Å². The molecule has 0 amide bonds. The van der Waals surface area contributed by atoms with E-state index in [-0.39, 0.29) is 0 Å². The van der Waals surface area contributed by atoms with E-state index in [9.17, 15) is 4.79 Å². The summed E-state index contributed by atoms with van der Waals surface area (Å²) < 4.78 is 5.34. The van der Waals surface area contributed by atoms with E-state index in [1.54, 1.807) is 0 Å². The minimum absolute atomic E-state index is 0.646. The molecule has 0 fully saturated rings. The normalized spacial score (nSPS) is 12.3. The first-order valence-electron chi connectivity index (χ1n) is 4.89. The molecule has 1 unspecified atom stereocenters. The molecular formula is C12H16O3. The summed E-state index contributed by atoms with van der Waals surface area (Å²) in [6.07, 6.45) is -0.814. The summed E-state index contributed by atoms with van der Waals surface area (Å²) in [5, 5.41) is 8.73. The summed E-state index contributed by atoms with van der Waals surface area (Å²) in [6.45, 7) is 7.44. The van der Waals surface area contributed by atoms with E-state index in [0.717, 1.165) is 11.1 Å². The minimum Gasteiger partial charge on any atom is -0.479 e. The summed E-state index contributed by atoms with van der Waals surface area (Å²) >= 11 is 0. The third kappa shape index (κ3) is 2.72. The fourth-order valence-corrected chi connectivity index (χ4v) is 1.30. The average molecular weight is 208 g/mol. The number of carboxylic acids is 1. The van der Waals surface area contributed by atoms with Gasteiger partial charge in [-0.2, -0.15) is 0 Å². The molecule has 82 valence electrons. The standard InChI is InChI=1S/C12H16O3/c1-7-5-9(3)11(6-8(7)2)15-10(4)12(13)14/h5-6,10H,1-4H3,(H,13,14). The Balaban J connectivity index is 2.95. The number of rotatable bonds is 3. The summed E-state index contributed by atoms with van der Waals surface area (Å²) in [4.78, 5) is 10.6. The second-order valence-electron chi connectivity index (χ2n) is 3.80. The van der Waals surface area contributed by atoms with Crippen molar-refractivity contribution in [3.63, 3.8) is 0 Å². The summed E-state index contributed by atoms with van der Waals surface area (Å²) in [6, 6.07) is 3.88. The lowest BCUT2D eigenvalue weighted by Crippen LogP contribution is -2.23. The van der Waals surface area contributed by atoms with Crippen molar-refractivity contribution >= 4 is 5.97 Å². The molecule has 1 aromatic rings. The third-order valence-corrected chi connectivity index (χ3v) is 2.44. The zero-order chi connectivity index (χ0) is 11.6. The van der Waals surface area contributed by atoms with Crippen LogP contribution in [0.3, 0.4) is 0 Å². The van der Waals surface area contributed by atoms with Gasteiger partial charge in [0.25, 0.3) is 0 Å². The van der Waals surface area contributed by atoms with Crippen LogP contribution in [0.5, 0.6) is 5.75 Å². The average Bonchev–Trinajstić information content (AvgIpc) is 2.13. The van der Waals surface area contributed by atoms with Gasteiger partial charge in [0.2, 0.25) is 0 Å². The molecule has 1 aromatic carbocycles. The maximum absolute atomic E-state index is 10.6. The van der Waals surface area contributed by atoms with E-state index in [1.165, 1.54) is 12.5 Å². The molecule has 0 aliphatic rings. The zero-order valence-corrected chi connectivity index (χ0v) is 9.50. The number of aliphatic carboxylic acids is 1. The highest BCUT2D eigenvalue weighted by molar-refractivity contribution is 5.72. The maximum atomic E-state index is 10.6. The van der Waals surface area contributed by atoms with Crippen LogP contribution in [0, 0.1) is 20.8 Å². The highest BCUT2D eigenvalue weighted by Gasteiger charge is 2.14. The Morgan fingerprint density at radius 3 is 2.27 bits per heavy atom. The van der Waals surface area contributed by atoms with Gasteiger partial charge in [-0.1, -0.05) is 6.07 Å². The molecule has 0 saturated heterocycles. The van der Waals surface area contributed by atoms with Gasteiger partial charge >= 0.3 is 5.97 Å². The molecule has 3 heteroatoms. The number of carbonyl (C=O) groups is 1. The summed E-state index contributed by atoms with van der Waals surface area (Å²) in [7, 11) is 0. The van der Waals surface area contributed by atoms with Crippen molar-refractivity contribution in [1.29, 1.82) is 0 Å². The second-order valence-corrected chi connectivity index (χ2v) is 3.80. The Morgan fingerprint density at radius 2 is 1.73 bits per heavy atom. The van der Waals surface area contributed by atoms with E-state index < -0.39 is 12.1 Å². The molecule has 0 aliphatic heterocycles. The Labute approximate surface area is 89.7 Å². The van der Waals surface area contributed by atoms with E-state index in [2.05, 4.69) is 0 Å². The van der Waals surface area contributed by atoms with Crippen LogP contribution in [0.2, 0.25) is 0 Å². The van der Waals surface area contributed by atoms with Gasteiger partial charge in [0.1, 0.15) is 5.75 Å². The van der Waals surface area contributed by atoms with Gasteiger partial charge < -0.3 is 9.84 Å². The van der Waals surface area contributed by atoms with Crippen LogP contribution in [0.1, 0.15) is 23.6 Å². The Bertz CT molecular complexity index is 383. The van der Waals surface area contributed by atoms with Gasteiger partial charge in [-0.05, 0) is 50.5 Å². The molecule has 15 heavy (non-hydrogen) atoms. The summed E-state index contributed by atoms with van der Waals surface area (Å²) in [5.41, 5.74) is 3.25. The first-order valence-corrected chi connectivity index (χ1v) is 4.89. The molecule has 3 nitrogen and oxygen atoms in total. The van der Waals surface area contributed by atoms with Gasteiger partial charge in [-0.25, -0.2) is 4.79 Å². The van der Waals surface area contributed by atoms with Crippen molar-refractivity contribution in [2.75, 3.05) is 0 Å². The fraction of sp³-hybridized carbons (Fsp3) is 0.417. The van der Waals surface area contributed by atoms with Gasteiger partial charge in [0.15, 0.2) is 6.10 Å². The molecule has 0 heterocycles. The van der Waals surface area contributed by atoms with Crippen molar-refractivity contribution in [3.05, 3.63) is 28.8 Å². The van der Waals surface area contributed by atoms with Crippen molar-refractivity contribution in [2.24, 2.45) is 0 Å². The molecule has 0 radical (unpaired) electrons.